The van der Waals surface area contributed by atoms with Crippen molar-refractivity contribution in [2.24, 2.45) is 0 Å². The van der Waals surface area contributed by atoms with Gasteiger partial charge >= 0.3 is 5.97 Å². The number of aliphatic carboxylic acids is 1. The molecular formula is C15H22O2. The minimum absolute atomic E-state index is 0.162. The van der Waals surface area contributed by atoms with E-state index in [2.05, 4.69) is 32.0 Å². The van der Waals surface area contributed by atoms with E-state index in [4.69, 9.17) is 5.11 Å². The van der Waals surface area contributed by atoms with E-state index in [0.717, 1.165) is 5.56 Å². The fraction of sp³-hybridized carbons (Fsp3) is 0.533. The Bertz CT molecular complexity index is 417. The maximum Gasteiger partial charge on any atom is 0.304 e. The van der Waals surface area contributed by atoms with Crippen LogP contribution in [0, 0.1) is 6.92 Å². The average molecular weight is 234 g/mol. The normalized spacial score (nSPS) is 11.9. The molecule has 1 aromatic carbocycles. The molecule has 0 aliphatic rings. The monoisotopic (exact) mass is 234 g/mol. The van der Waals surface area contributed by atoms with Gasteiger partial charge in [0.05, 0.1) is 6.42 Å². The fourth-order valence-corrected chi connectivity index (χ4v) is 2.20. The molecule has 0 aliphatic carbocycles. The molecule has 0 aromatic heterocycles. The Morgan fingerprint density at radius 1 is 1.35 bits per heavy atom. The standard InChI is InChI=1S/C15H22O2/c1-10(2)12-7-6-11(3)13(8-12)15(4,5)9-14(16)17/h6-8,10H,9H2,1-5H3,(H,16,17). The predicted molar refractivity (Wildman–Crippen MR) is 70.5 cm³/mol. The molecule has 94 valence electrons. The lowest BCUT2D eigenvalue weighted by Crippen LogP contribution is -2.23. The summed E-state index contributed by atoms with van der Waals surface area (Å²) in [4.78, 5) is 10.9. The summed E-state index contributed by atoms with van der Waals surface area (Å²) in [6, 6.07) is 6.37. The molecule has 0 atom stereocenters. The van der Waals surface area contributed by atoms with Crippen molar-refractivity contribution in [1.29, 1.82) is 0 Å². The van der Waals surface area contributed by atoms with Crippen LogP contribution in [-0.2, 0) is 10.2 Å². The zero-order valence-electron chi connectivity index (χ0n) is 11.4. The van der Waals surface area contributed by atoms with Crippen LogP contribution in [-0.4, -0.2) is 11.1 Å². The first kappa shape index (κ1) is 13.8. The highest BCUT2D eigenvalue weighted by molar-refractivity contribution is 5.69. The molecule has 1 rings (SSSR count). The first-order valence-electron chi connectivity index (χ1n) is 6.07. The third kappa shape index (κ3) is 3.32. The van der Waals surface area contributed by atoms with Crippen molar-refractivity contribution in [2.75, 3.05) is 0 Å². The van der Waals surface area contributed by atoms with E-state index in [1.165, 1.54) is 11.1 Å². The van der Waals surface area contributed by atoms with Gasteiger partial charge in [-0.25, -0.2) is 0 Å². The Morgan fingerprint density at radius 2 is 1.94 bits per heavy atom. The van der Waals surface area contributed by atoms with Gasteiger partial charge in [0.1, 0.15) is 0 Å². The third-order valence-corrected chi connectivity index (χ3v) is 3.25. The summed E-state index contributed by atoms with van der Waals surface area (Å²) in [6.45, 7) is 10.3. The van der Waals surface area contributed by atoms with E-state index in [-0.39, 0.29) is 11.8 Å². The summed E-state index contributed by atoms with van der Waals surface area (Å²) in [7, 11) is 0. The van der Waals surface area contributed by atoms with E-state index >= 15 is 0 Å². The van der Waals surface area contributed by atoms with Crippen LogP contribution < -0.4 is 0 Å². The van der Waals surface area contributed by atoms with Crippen molar-refractivity contribution in [3.8, 4) is 0 Å². The van der Waals surface area contributed by atoms with Crippen LogP contribution in [0.4, 0.5) is 0 Å². The summed E-state index contributed by atoms with van der Waals surface area (Å²) in [5.74, 6) is -0.278. The topological polar surface area (TPSA) is 37.3 Å². The number of aryl methyl sites for hydroxylation is 1. The zero-order chi connectivity index (χ0) is 13.2. The molecular weight excluding hydrogens is 212 g/mol. The smallest absolute Gasteiger partial charge is 0.304 e. The molecule has 0 bridgehead atoms. The third-order valence-electron chi connectivity index (χ3n) is 3.25. The second kappa shape index (κ2) is 4.91. The summed E-state index contributed by atoms with van der Waals surface area (Å²) >= 11 is 0. The molecule has 1 aromatic rings. The molecule has 0 radical (unpaired) electrons. The molecule has 0 saturated carbocycles. The largest absolute Gasteiger partial charge is 0.481 e. The fourth-order valence-electron chi connectivity index (χ4n) is 2.20. The van der Waals surface area contributed by atoms with Gasteiger partial charge in [-0.1, -0.05) is 45.9 Å². The molecule has 0 fully saturated rings. The lowest BCUT2D eigenvalue weighted by molar-refractivity contribution is -0.138. The highest BCUT2D eigenvalue weighted by Crippen LogP contribution is 2.32. The second-order valence-electron chi connectivity index (χ2n) is 5.68. The first-order chi connectivity index (χ1) is 7.74. The van der Waals surface area contributed by atoms with Crippen molar-refractivity contribution in [3.05, 3.63) is 34.9 Å². The lowest BCUT2D eigenvalue weighted by Gasteiger charge is -2.26. The van der Waals surface area contributed by atoms with Crippen molar-refractivity contribution in [2.45, 2.75) is 52.4 Å². The molecule has 17 heavy (non-hydrogen) atoms. The Labute approximate surface area is 104 Å². The van der Waals surface area contributed by atoms with Gasteiger partial charge < -0.3 is 5.11 Å². The molecule has 0 unspecified atom stereocenters. The van der Waals surface area contributed by atoms with Crippen molar-refractivity contribution in [3.63, 3.8) is 0 Å². The second-order valence-corrected chi connectivity index (χ2v) is 5.68. The van der Waals surface area contributed by atoms with Gasteiger partial charge in [-0.15, -0.1) is 0 Å². The molecule has 0 spiro atoms. The zero-order valence-corrected chi connectivity index (χ0v) is 11.4. The SMILES string of the molecule is Cc1ccc(C(C)C)cc1C(C)(C)CC(=O)O. The average Bonchev–Trinajstić information content (AvgIpc) is 2.15. The molecule has 1 N–H and O–H groups in total. The number of carboxylic acid groups (broad SMARTS) is 1. The number of hydrogen-bond acceptors (Lipinski definition) is 1. The minimum atomic E-state index is -0.746. The van der Waals surface area contributed by atoms with Crippen LogP contribution in [0.15, 0.2) is 18.2 Å². The number of benzene rings is 1. The van der Waals surface area contributed by atoms with Crippen molar-refractivity contribution < 1.29 is 9.90 Å². The molecule has 0 amide bonds. The van der Waals surface area contributed by atoms with Gasteiger partial charge in [0.15, 0.2) is 0 Å². The van der Waals surface area contributed by atoms with E-state index in [9.17, 15) is 4.79 Å². The highest BCUT2D eigenvalue weighted by Gasteiger charge is 2.26. The van der Waals surface area contributed by atoms with Crippen LogP contribution in [0.2, 0.25) is 0 Å². The number of rotatable bonds is 4. The summed E-state index contributed by atoms with van der Waals surface area (Å²) in [6.07, 6.45) is 0.162. The van der Waals surface area contributed by atoms with E-state index in [1.54, 1.807) is 0 Å². The Kier molecular flexibility index (Phi) is 3.97. The molecule has 0 heterocycles. The summed E-state index contributed by atoms with van der Waals surface area (Å²) in [5, 5.41) is 8.98. The Balaban J connectivity index is 3.19. The van der Waals surface area contributed by atoms with Gasteiger partial charge in [-0.3, -0.25) is 4.79 Å². The van der Waals surface area contributed by atoms with Gasteiger partial charge in [-0.2, -0.15) is 0 Å². The Morgan fingerprint density at radius 3 is 2.41 bits per heavy atom. The predicted octanol–water partition coefficient (Wildman–Crippen LogP) is 3.87. The van der Waals surface area contributed by atoms with Crippen LogP contribution in [0.25, 0.3) is 0 Å². The maximum absolute atomic E-state index is 10.9. The molecule has 0 saturated heterocycles. The maximum atomic E-state index is 10.9. The van der Waals surface area contributed by atoms with E-state index in [0.29, 0.717) is 5.92 Å². The van der Waals surface area contributed by atoms with Crippen molar-refractivity contribution in [1.82, 2.24) is 0 Å². The first-order valence-corrected chi connectivity index (χ1v) is 6.07. The van der Waals surface area contributed by atoms with Gasteiger partial charge in [0.2, 0.25) is 0 Å². The molecule has 2 nitrogen and oxygen atoms in total. The van der Waals surface area contributed by atoms with E-state index in [1.807, 2.05) is 20.8 Å². The van der Waals surface area contributed by atoms with E-state index < -0.39 is 5.97 Å². The quantitative estimate of drug-likeness (QED) is 0.858. The van der Waals surface area contributed by atoms with Crippen molar-refractivity contribution >= 4 is 5.97 Å². The van der Waals surface area contributed by atoms with Crippen LogP contribution in [0.5, 0.6) is 0 Å². The van der Waals surface area contributed by atoms with Gasteiger partial charge in [0.25, 0.3) is 0 Å². The highest BCUT2D eigenvalue weighted by atomic mass is 16.4. The lowest BCUT2D eigenvalue weighted by atomic mass is 9.78. The number of carbonyl (C=O) groups is 1. The number of carboxylic acids is 1. The van der Waals surface area contributed by atoms with Gasteiger partial charge in [0, 0.05) is 5.41 Å². The molecule has 0 aliphatic heterocycles. The minimum Gasteiger partial charge on any atom is -0.481 e. The Hall–Kier alpha value is -1.31. The summed E-state index contributed by atoms with van der Waals surface area (Å²) < 4.78 is 0. The van der Waals surface area contributed by atoms with Crippen LogP contribution in [0.3, 0.4) is 0 Å². The number of hydrogen-bond donors (Lipinski definition) is 1. The van der Waals surface area contributed by atoms with Gasteiger partial charge in [-0.05, 0) is 29.5 Å². The van der Waals surface area contributed by atoms with Crippen LogP contribution in [0.1, 0.15) is 56.7 Å². The van der Waals surface area contributed by atoms with Crippen LogP contribution >= 0.6 is 0 Å². The molecule has 2 heteroatoms. The summed E-state index contributed by atoms with van der Waals surface area (Å²) in [5.41, 5.74) is 3.26.